The summed E-state index contributed by atoms with van der Waals surface area (Å²) in [6, 6.07) is 36.1. The maximum atomic E-state index is 11.8. The van der Waals surface area contributed by atoms with Crippen LogP contribution in [0.5, 0.6) is 0 Å². The molecule has 34 heavy (non-hydrogen) atoms. The highest BCUT2D eigenvalue weighted by Gasteiger charge is 2.46. The van der Waals surface area contributed by atoms with Gasteiger partial charge >= 0.3 is 0 Å². The molecule has 1 unspecified atom stereocenters. The van der Waals surface area contributed by atoms with Crippen LogP contribution in [0.25, 0.3) is 22.3 Å². The zero-order valence-corrected chi connectivity index (χ0v) is 18.3. The molecule has 0 fully saturated rings. The zero-order chi connectivity index (χ0) is 23.1. The van der Waals surface area contributed by atoms with Crippen LogP contribution in [-0.4, -0.2) is 9.91 Å². The summed E-state index contributed by atoms with van der Waals surface area (Å²) in [5.74, 6) is 0. The monoisotopic (exact) mass is 440 g/mol. The Kier molecular flexibility index (Phi) is 4.59. The van der Waals surface area contributed by atoms with Crippen LogP contribution in [0.2, 0.25) is 0 Å². The number of pyridine rings is 1. The van der Waals surface area contributed by atoms with Crippen molar-refractivity contribution in [3.63, 3.8) is 0 Å². The Hall–Kier alpha value is -4.57. The Labute approximate surface area is 197 Å². The minimum atomic E-state index is -0.582. The molecule has 162 valence electrons. The summed E-state index contributed by atoms with van der Waals surface area (Å²) in [5, 5.41) is 11.8. The van der Waals surface area contributed by atoms with Crippen molar-refractivity contribution in [3.8, 4) is 22.3 Å². The highest BCUT2D eigenvalue weighted by molar-refractivity contribution is 5.89. The number of para-hydroxylation sites is 1. The lowest BCUT2D eigenvalue weighted by Gasteiger charge is -2.33. The second-order valence-corrected chi connectivity index (χ2v) is 8.44. The van der Waals surface area contributed by atoms with Crippen LogP contribution < -0.4 is 0 Å². The van der Waals surface area contributed by atoms with E-state index in [9.17, 15) is 10.1 Å². The number of benzene rings is 4. The summed E-state index contributed by atoms with van der Waals surface area (Å²) >= 11 is 0. The van der Waals surface area contributed by atoms with Crippen LogP contribution in [0.1, 0.15) is 22.3 Å². The van der Waals surface area contributed by atoms with E-state index < -0.39 is 5.41 Å². The van der Waals surface area contributed by atoms with E-state index in [0.29, 0.717) is 5.56 Å². The van der Waals surface area contributed by atoms with E-state index in [2.05, 4.69) is 71.7 Å². The van der Waals surface area contributed by atoms with Crippen molar-refractivity contribution in [2.45, 2.75) is 5.41 Å². The predicted octanol–water partition coefficient (Wildman–Crippen LogP) is 7.02. The number of nitro benzene ring substituents is 1. The van der Waals surface area contributed by atoms with Gasteiger partial charge in [-0.3, -0.25) is 15.1 Å². The van der Waals surface area contributed by atoms with E-state index in [1.807, 2.05) is 36.5 Å². The molecule has 0 aliphatic heterocycles. The van der Waals surface area contributed by atoms with Crippen LogP contribution in [0.4, 0.5) is 5.69 Å². The van der Waals surface area contributed by atoms with Crippen LogP contribution in [0.3, 0.4) is 0 Å². The van der Waals surface area contributed by atoms with Gasteiger partial charge in [0.25, 0.3) is 5.69 Å². The molecule has 0 bridgehead atoms. The van der Waals surface area contributed by atoms with E-state index in [1.165, 1.54) is 11.1 Å². The average molecular weight is 441 g/mol. The minimum Gasteiger partial charge on any atom is -0.264 e. The molecule has 0 spiro atoms. The zero-order valence-electron chi connectivity index (χ0n) is 18.3. The Morgan fingerprint density at radius 1 is 0.647 bits per heavy atom. The van der Waals surface area contributed by atoms with Crippen LogP contribution in [0.15, 0.2) is 122 Å². The number of aromatic nitrogens is 1. The smallest absolute Gasteiger partial charge is 0.264 e. The van der Waals surface area contributed by atoms with E-state index >= 15 is 0 Å². The lowest BCUT2D eigenvalue weighted by Crippen LogP contribution is -2.28. The lowest BCUT2D eigenvalue weighted by atomic mass is 9.68. The fourth-order valence-corrected chi connectivity index (χ4v) is 5.39. The van der Waals surface area contributed by atoms with Gasteiger partial charge in [0.1, 0.15) is 0 Å². The third-order valence-corrected chi connectivity index (χ3v) is 6.76. The maximum Gasteiger partial charge on any atom is 0.277 e. The van der Waals surface area contributed by atoms with Gasteiger partial charge in [0.05, 0.1) is 15.9 Å². The van der Waals surface area contributed by atoms with Gasteiger partial charge in [0.15, 0.2) is 0 Å². The molecule has 1 atom stereocenters. The third kappa shape index (κ3) is 2.82. The van der Waals surface area contributed by atoms with E-state index in [0.717, 1.165) is 27.8 Å². The number of hydrogen-bond donors (Lipinski definition) is 0. The molecule has 0 saturated carbocycles. The Bertz CT molecular complexity index is 1490. The molecule has 1 aromatic heterocycles. The molecule has 0 amide bonds. The van der Waals surface area contributed by atoms with E-state index in [1.54, 1.807) is 18.3 Å². The molecule has 5 aromatic rings. The van der Waals surface area contributed by atoms with Gasteiger partial charge in [-0.1, -0.05) is 84.9 Å². The molecule has 0 N–H and O–H groups in total. The molecule has 4 nitrogen and oxygen atoms in total. The first-order valence-electron chi connectivity index (χ1n) is 11.2. The first kappa shape index (κ1) is 20.1. The molecule has 1 aliphatic rings. The number of nitrogens with zero attached hydrogens (tertiary/aromatic N) is 2. The van der Waals surface area contributed by atoms with Crippen LogP contribution in [0, 0.1) is 10.1 Å². The topological polar surface area (TPSA) is 56.0 Å². The number of nitro groups is 1. The Morgan fingerprint density at radius 3 is 2.09 bits per heavy atom. The van der Waals surface area contributed by atoms with Crippen molar-refractivity contribution in [1.29, 1.82) is 0 Å². The lowest BCUT2D eigenvalue weighted by molar-refractivity contribution is -0.384. The predicted molar refractivity (Wildman–Crippen MR) is 134 cm³/mol. The van der Waals surface area contributed by atoms with Crippen molar-refractivity contribution in [2.75, 3.05) is 0 Å². The quantitative estimate of drug-likeness (QED) is 0.219. The first-order valence-corrected chi connectivity index (χ1v) is 11.2. The molecule has 4 heteroatoms. The van der Waals surface area contributed by atoms with Crippen molar-refractivity contribution in [2.24, 2.45) is 0 Å². The molecule has 1 heterocycles. The van der Waals surface area contributed by atoms with Gasteiger partial charge in [0.2, 0.25) is 0 Å². The van der Waals surface area contributed by atoms with Gasteiger partial charge in [-0.15, -0.1) is 0 Å². The minimum absolute atomic E-state index is 0.102. The van der Waals surface area contributed by atoms with Gasteiger partial charge in [-0.25, -0.2) is 0 Å². The van der Waals surface area contributed by atoms with Gasteiger partial charge in [0, 0.05) is 18.5 Å². The largest absolute Gasteiger partial charge is 0.277 e. The maximum absolute atomic E-state index is 11.8. The number of fused-ring (bicyclic) bond motifs is 3. The molecule has 6 rings (SSSR count). The van der Waals surface area contributed by atoms with Crippen LogP contribution >= 0.6 is 0 Å². The second kappa shape index (κ2) is 7.78. The van der Waals surface area contributed by atoms with Gasteiger partial charge in [-0.05, 0) is 57.1 Å². The summed E-state index contributed by atoms with van der Waals surface area (Å²) in [5.41, 5.74) is 7.73. The third-order valence-electron chi connectivity index (χ3n) is 6.76. The molecule has 0 radical (unpaired) electrons. The van der Waals surface area contributed by atoms with E-state index in [4.69, 9.17) is 0 Å². The number of hydrogen-bond acceptors (Lipinski definition) is 3. The Morgan fingerprint density at radius 2 is 1.32 bits per heavy atom. The fourth-order valence-electron chi connectivity index (χ4n) is 5.39. The average Bonchev–Trinajstić information content (AvgIpc) is 3.20. The summed E-state index contributed by atoms with van der Waals surface area (Å²) in [4.78, 5) is 15.9. The highest BCUT2D eigenvalue weighted by atomic mass is 16.6. The number of rotatable bonds is 4. The van der Waals surface area contributed by atoms with Gasteiger partial charge in [-0.2, -0.15) is 0 Å². The summed E-state index contributed by atoms with van der Waals surface area (Å²) < 4.78 is 0. The van der Waals surface area contributed by atoms with Crippen molar-refractivity contribution < 1.29 is 4.92 Å². The summed E-state index contributed by atoms with van der Waals surface area (Å²) in [7, 11) is 0. The molecular formula is C30H20N2O2. The van der Waals surface area contributed by atoms with Crippen molar-refractivity contribution >= 4 is 5.69 Å². The molecular weight excluding hydrogens is 420 g/mol. The van der Waals surface area contributed by atoms with Crippen molar-refractivity contribution in [1.82, 2.24) is 4.98 Å². The second-order valence-electron chi connectivity index (χ2n) is 8.44. The summed E-state index contributed by atoms with van der Waals surface area (Å²) in [6.07, 6.45) is 3.71. The summed E-state index contributed by atoms with van der Waals surface area (Å²) in [6.45, 7) is 0. The van der Waals surface area contributed by atoms with E-state index in [-0.39, 0.29) is 10.6 Å². The molecule has 4 aromatic carbocycles. The SMILES string of the molecule is O=[N+]([O-])c1ccccc1-c1ccc2c(c1)C(c1ccccc1)(c1cccnc1)c1ccccc1-2. The first-order chi connectivity index (χ1) is 16.7. The normalized spacial score (nSPS) is 16.0. The van der Waals surface area contributed by atoms with Gasteiger partial charge < -0.3 is 0 Å². The Balaban J connectivity index is 1.73. The molecule has 1 aliphatic carbocycles. The highest BCUT2D eigenvalue weighted by Crippen LogP contribution is 2.56. The standard InChI is InChI=1S/C30H20N2O2/c33-32(34)29-15-7-5-12-24(29)21-16-17-26-25-13-4-6-14-27(25)30(28(26)19-21,22-9-2-1-3-10-22)23-11-8-18-31-20-23/h1-20H. The molecule has 0 saturated heterocycles. The van der Waals surface area contributed by atoms with Crippen molar-refractivity contribution in [3.05, 3.63) is 154 Å². The fraction of sp³-hybridized carbons (Fsp3) is 0.0333. The van der Waals surface area contributed by atoms with Crippen LogP contribution in [-0.2, 0) is 5.41 Å².